The number of aliphatic carboxylic acids is 1. The van der Waals surface area contributed by atoms with E-state index in [1.165, 1.54) is 0 Å². The third-order valence-corrected chi connectivity index (χ3v) is 3.27. The van der Waals surface area contributed by atoms with Crippen LogP contribution < -0.4 is 5.32 Å². The van der Waals surface area contributed by atoms with E-state index in [0.717, 1.165) is 0 Å². The van der Waals surface area contributed by atoms with Crippen molar-refractivity contribution in [3.8, 4) is 0 Å². The molecule has 118 valence electrons. The van der Waals surface area contributed by atoms with Crippen LogP contribution in [0.25, 0.3) is 0 Å². The van der Waals surface area contributed by atoms with Crippen molar-refractivity contribution in [1.82, 2.24) is 14.7 Å². The number of aromatic nitrogens is 2. The Labute approximate surface area is 124 Å². The van der Waals surface area contributed by atoms with E-state index >= 15 is 0 Å². The summed E-state index contributed by atoms with van der Waals surface area (Å²) in [6.07, 6.45) is 1.66. The molecular weight excluding hydrogens is 272 g/mol. The fourth-order valence-corrected chi connectivity index (χ4v) is 2.15. The molecule has 1 aromatic rings. The van der Waals surface area contributed by atoms with Gasteiger partial charge in [-0.1, -0.05) is 6.92 Å². The van der Waals surface area contributed by atoms with Gasteiger partial charge in [-0.2, -0.15) is 5.10 Å². The number of likely N-dealkylation sites (N-methyl/N-ethyl adjacent to an activating group) is 1. The number of carbonyl (C=O) groups excluding carboxylic acids is 1. The van der Waals surface area contributed by atoms with Crippen LogP contribution in [-0.2, 0) is 9.59 Å². The Morgan fingerprint density at radius 2 is 2.10 bits per heavy atom. The van der Waals surface area contributed by atoms with Gasteiger partial charge in [-0.15, -0.1) is 0 Å². The van der Waals surface area contributed by atoms with Gasteiger partial charge in [-0.05, 0) is 27.3 Å². The van der Waals surface area contributed by atoms with E-state index in [4.69, 9.17) is 5.11 Å². The average molecular weight is 296 g/mol. The maximum atomic E-state index is 12.1. The van der Waals surface area contributed by atoms with Crippen molar-refractivity contribution in [2.45, 2.75) is 46.2 Å². The van der Waals surface area contributed by atoms with Crippen molar-refractivity contribution >= 4 is 17.7 Å². The van der Waals surface area contributed by atoms with Crippen LogP contribution in [0.5, 0.6) is 0 Å². The van der Waals surface area contributed by atoms with Gasteiger partial charge in [0.05, 0.1) is 19.2 Å². The molecule has 7 nitrogen and oxygen atoms in total. The first-order valence-corrected chi connectivity index (χ1v) is 7.14. The largest absolute Gasteiger partial charge is 0.481 e. The van der Waals surface area contributed by atoms with Crippen LogP contribution in [0.2, 0.25) is 0 Å². The number of carboxylic acids is 1. The molecule has 2 N–H and O–H groups in total. The van der Waals surface area contributed by atoms with E-state index in [1.807, 2.05) is 32.6 Å². The fourth-order valence-electron chi connectivity index (χ4n) is 2.15. The predicted molar refractivity (Wildman–Crippen MR) is 80.2 cm³/mol. The summed E-state index contributed by atoms with van der Waals surface area (Å²) in [5.41, 5.74) is 0. The van der Waals surface area contributed by atoms with E-state index in [1.54, 1.807) is 16.9 Å². The molecule has 0 aromatic carbocycles. The molecule has 0 fully saturated rings. The number of carboxylic acid groups (broad SMARTS) is 1. The summed E-state index contributed by atoms with van der Waals surface area (Å²) in [7, 11) is 0. The van der Waals surface area contributed by atoms with Gasteiger partial charge >= 0.3 is 5.97 Å². The molecule has 1 amide bonds. The Morgan fingerprint density at radius 1 is 1.43 bits per heavy atom. The van der Waals surface area contributed by atoms with Crippen LogP contribution in [-0.4, -0.2) is 50.8 Å². The number of rotatable bonds is 8. The number of anilines is 1. The topological polar surface area (TPSA) is 87.5 Å². The lowest BCUT2D eigenvalue weighted by atomic mass is 10.2. The maximum Gasteiger partial charge on any atom is 0.304 e. The molecule has 0 saturated carbocycles. The number of carbonyl (C=O) groups is 2. The lowest BCUT2D eigenvalue weighted by Gasteiger charge is -2.26. The second-order valence-electron chi connectivity index (χ2n) is 5.31. The molecule has 0 aliphatic heterocycles. The summed E-state index contributed by atoms with van der Waals surface area (Å²) < 4.78 is 1.73. The van der Waals surface area contributed by atoms with Gasteiger partial charge in [0.2, 0.25) is 5.91 Å². The lowest BCUT2D eigenvalue weighted by Crippen LogP contribution is -2.40. The molecule has 1 atom stereocenters. The van der Waals surface area contributed by atoms with Crippen LogP contribution in [0.4, 0.5) is 5.82 Å². The quantitative estimate of drug-likeness (QED) is 0.760. The SMILES string of the molecule is CCN(CC(=O)Nc1ccnn1C(C)C)C(C)CC(=O)O. The molecule has 1 unspecified atom stereocenters. The molecule has 1 heterocycles. The molecule has 0 bridgehead atoms. The first-order chi connectivity index (χ1) is 9.85. The monoisotopic (exact) mass is 296 g/mol. The van der Waals surface area contributed by atoms with Crippen molar-refractivity contribution in [3.05, 3.63) is 12.3 Å². The van der Waals surface area contributed by atoms with Crippen LogP contribution in [0, 0.1) is 0 Å². The van der Waals surface area contributed by atoms with Crippen molar-refractivity contribution in [3.63, 3.8) is 0 Å². The Kier molecular flexibility index (Phi) is 6.36. The summed E-state index contributed by atoms with van der Waals surface area (Å²) in [5.74, 6) is -0.382. The summed E-state index contributed by atoms with van der Waals surface area (Å²) in [5, 5.41) is 15.8. The van der Waals surface area contributed by atoms with E-state index < -0.39 is 5.97 Å². The lowest BCUT2D eigenvalue weighted by molar-refractivity contribution is -0.138. The Hall–Kier alpha value is -1.89. The second kappa shape index (κ2) is 7.78. The molecular formula is C14H24N4O3. The zero-order chi connectivity index (χ0) is 16.0. The standard InChI is InChI=1S/C14H24N4O3/c1-5-17(11(4)8-14(20)21)9-13(19)16-12-6-7-15-18(12)10(2)3/h6-7,10-11H,5,8-9H2,1-4H3,(H,16,19)(H,20,21). The summed E-state index contributed by atoms with van der Waals surface area (Å²) in [6.45, 7) is 8.46. The first-order valence-electron chi connectivity index (χ1n) is 7.14. The highest BCUT2D eigenvalue weighted by molar-refractivity contribution is 5.91. The molecule has 7 heteroatoms. The minimum absolute atomic E-state index is 0.0189. The van der Waals surface area contributed by atoms with Gasteiger partial charge in [-0.3, -0.25) is 14.5 Å². The van der Waals surface area contributed by atoms with Crippen molar-refractivity contribution < 1.29 is 14.7 Å². The Balaban J connectivity index is 2.62. The maximum absolute atomic E-state index is 12.1. The second-order valence-corrected chi connectivity index (χ2v) is 5.31. The van der Waals surface area contributed by atoms with Gasteiger partial charge in [-0.25, -0.2) is 4.68 Å². The zero-order valence-corrected chi connectivity index (χ0v) is 13.0. The molecule has 0 radical (unpaired) electrons. The normalized spacial score (nSPS) is 12.7. The number of nitrogens with zero attached hydrogens (tertiary/aromatic N) is 3. The number of hydrogen-bond donors (Lipinski definition) is 2. The van der Waals surface area contributed by atoms with E-state index in [0.29, 0.717) is 12.4 Å². The molecule has 21 heavy (non-hydrogen) atoms. The molecule has 0 aliphatic rings. The van der Waals surface area contributed by atoms with Gasteiger partial charge in [0.1, 0.15) is 5.82 Å². The van der Waals surface area contributed by atoms with Crippen molar-refractivity contribution in [2.75, 3.05) is 18.4 Å². The third-order valence-electron chi connectivity index (χ3n) is 3.27. The summed E-state index contributed by atoms with van der Waals surface area (Å²) >= 11 is 0. The van der Waals surface area contributed by atoms with E-state index in [-0.39, 0.29) is 31.0 Å². The molecule has 0 saturated heterocycles. The smallest absolute Gasteiger partial charge is 0.304 e. The first kappa shape index (κ1) is 17.2. The van der Waals surface area contributed by atoms with Gasteiger partial charge in [0.15, 0.2) is 0 Å². The van der Waals surface area contributed by atoms with Crippen LogP contribution in [0.3, 0.4) is 0 Å². The average Bonchev–Trinajstić information content (AvgIpc) is 2.83. The van der Waals surface area contributed by atoms with Gasteiger partial charge in [0.25, 0.3) is 0 Å². The highest BCUT2D eigenvalue weighted by Crippen LogP contribution is 2.13. The van der Waals surface area contributed by atoms with Crippen LogP contribution >= 0.6 is 0 Å². The minimum Gasteiger partial charge on any atom is -0.481 e. The molecule has 0 spiro atoms. The van der Waals surface area contributed by atoms with Gasteiger partial charge in [0, 0.05) is 18.2 Å². The van der Waals surface area contributed by atoms with Crippen LogP contribution in [0.15, 0.2) is 12.3 Å². The van der Waals surface area contributed by atoms with Crippen molar-refractivity contribution in [2.24, 2.45) is 0 Å². The number of amides is 1. The fraction of sp³-hybridized carbons (Fsp3) is 0.643. The summed E-state index contributed by atoms with van der Waals surface area (Å²) in [6, 6.07) is 1.71. The number of nitrogens with one attached hydrogen (secondary N) is 1. The molecule has 1 rings (SSSR count). The minimum atomic E-state index is -0.862. The third kappa shape index (κ3) is 5.18. The van der Waals surface area contributed by atoms with Crippen LogP contribution in [0.1, 0.15) is 40.2 Å². The summed E-state index contributed by atoms with van der Waals surface area (Å²) in [4.78, 5) is 24.7. The zero-order valence-electron chi connectivity index (χ0n) is 13.0. The highest BCUT2D eigenvalue weighted by atomic mass is 16.4. The predicted octanol–water partition coefficient (Wildman–Crippen LogP) is 1.59. The highest BCUT2D eigenvalue weighted by Gasteiger charge is 2.19. The molecule has 1 aromatic heterocycles. The molecule has 0 aliphatic carbocycles. The van der Waals surface area contributed by atoms with Crippen molar-refractivity contribution in [1.29, 1.82) is 0 Å². The number of hydrogen-bond acceptors (Lipinski definition) is 4. The van der Waals surface area contributed by atoms with E-state index in [2.05, 4.69) is 10.4 Å². The Bertz CT molecular complexity index is 484. The Morgan fingerprint density at radius 3 is 2.62 bits per heavy atom. The van der Waals surface area contributed by atoms with E-state index in [9.17, 15) is 9.59 Å². The van der Waals surface area contributed by atoms with Gasteiger partial charge < -0.3 is 10.4 Å².